The lowest BCUT2D eigenvalue weighted by Gasteiger charge is -2.50. The van der Waals surface area contributed by atoms with E-state index in [0.717, 1.165) is 23.7 Å². The van der Waals surface area contributed by atoms with E-state index < -0.39 is 0 Å². The number of thiol groups is 1. The molecule has 3 unspecified atom stereocenters. The lowest BCUT2D eigenvalue weighted by molar-refractivity contribution is 0.0433. The summed E-state index contributed by atoms with van der Waals surface area (Å²) in [6.45, 7) is 4.21. The molecule has 3 saturated carbocycles. The minimum absolute atomic E-state index is 0.713. The first-order chi connectivity index (χ1) is 7.75. The second-order valence-corrected chi connectivity index (χ2v) is 6.98. The van der Waals surface area contributed by atoms with Crippen LogP contribution in [0.15, 0.2) is 12.2 Å². The predicted molar refractivity (Wildman–Crippen MR) is 72.8 cm³/mol. The van der Waals surface area contributed by atoms with E-state index in [-0.39, 0.29) is 0 Å². The summed E-state index contributed by atoms with van der Waals surface area (Å²) in [5.74, 6) is 3.98. The molecular weight excluding hydrogens is 212 g/mol. The molecule has 3 aliphatic rings. The zero-order valence-electron chi connectivity index (χ0n) is 10.2. The van der Waals surface area contributed by atoms with Gasteiger partial charge in [-0.25, -0.2) is 0 Å². The van der Waals surface area contributed by atoms with Crippen LogP contribution in [0.2, 0.25) is 0 Å². The molecule has 0 bridgehead atoms. The summed E-state index contributed by atoms with van der Waals surface area (Å²) in [6.07, 6.45) is 11.3. The third kappa shape index (κ3) is 1.85. The molecule has 0 amide bonds. The summed E-state index contributed by atoms with van der Waals surface area (Å²) in [5.41, 5.74) is 1.53. The molecule has 0 aromatic rings. The number of hydrogen-bond acceptors (Lipinski definition) is 1. The monoisotopic (exact) mass is 236 g/mol. The van der Waals surface area contributed by atoms with E-state index >= 15 is 0 Å². The Labute approximate surface area is 105 Å². The maximum Gasteiger partial charge on any atom is 0.00478 e. The molecule has 3 rings (SSSR count). The molecule has 3 fully saturated rings. The number of rotatable bonds is 0. The Morgan fingerprint density at radius 2 is 1.81 bits per heavy atom. The minimum Gasteiger partial charge on any atom is -0.176 e. The van der Waals surface area contributed by atoms with Crippen LogP contribution in [-0.2, 0) is 0 Å². The number of allylic oxidation sites excluding steroid dienone is 1. The van der Waals surface area contributed by atoms with E-state index in [1.807, 2.05) is 0 Å². The fourth-order valence-corrected chi connectivity index (χ4v) is 5.28. The summed E-state index contributed by atoms with van der Waals surface area (Å²) < 4.78 is 0. The smallest absolute Gasteiger partial charge is 0.00478 e. The summed E-state index contributed by atoms with van der Waals surface area (Å²) >= 11 is 4.84. The molecule has 1 heteroatoms. The standard InChI is InChI=1S/C15H24S/c1-10-5-7-12-11(9-10)6-8-14-13(12)3-2-4-15(14)16/h11-16H,1-9H2/t11?,12?,13?,14-,15-/m0/s1. The van der Waals surface area contributed by atoms with Gasteiger partial charge in [0.2, 0.25) is 0 Å². The molecule has 0 heterocycles. The van der Waals surface area contributed by atoms with Gasteiger partial charge in [0.15, 0.2) is 0 Å². The highest BCUT2D eigenvalue weighted by Crippen LogP contribution is 2.52. The van der Waals surface area contributed by atoms with Crippen LogP contribution in [0.25, 0.3) is 0 Å². The van der Waals surface area contributed by atoms with Crippen LogP contribution in [-0.4, -0.2) is 5.25 Å². The Kier molecular flexibility index (Phi) is 3.08. The zero-order chi connectivity index (χ0) is 11.1. The highest BCUT2D eigenvalue weighted by atomic mass is 32.1. The fourth-order valence-electron chi connectivity index (χ4n) is 4.73. The molecule has 0 aliphatic heterocycles. The second-order valence-electron chi connectivity index (χ2n) is 6.32. The number of fused-ring (bicyclic) bond motifs is 3. The van der Waals surface area contributed by atoms with E-state index in [0.29, 0.717) is 5.25 Å². The van der Waals surface area contributed by atoms with Gasteiger partial charge < -0.3 is 0 Å². The lowest BCUT2D eigenvalue weighted by atomic mass is 9.57. The molecule has 0 aromatic carbocycles. The van der Waals surface area contributed by atoms with Crippen molar-refractivity contribution in [1.82, 2.24) is 0 Å². The van der Waals surface area contributed by atoms with Crippen molar-refractivity contribution in [3.8, 4) is 0 Å². The quantitative estimate of drug-likeness (QED) is 0.466. The molecule has 16 heavy (non-hydrogen) atoms. The molecule has 0 nitrogen and oxygen atoms in total. The third-order valence-electron chi connectivity index (χ3n) is 5.49. The molecule has 90 valence electrons. The van der Waals surface area contributed by atoms with Gasteiger partial charge in [0.05, 0.1) is 0 Å². The molecule has 0 saturated heterocycles. The molecule has 0 radical (unpaired) electrons. The first-order valence-corrected chi connectivity index (χ1v) is 7.62. The van der Waals surface area contributed by atoms with Gasteiger partial charge in [-0.15, -0.1) is 0 Å². The molecule has 0 spiro atoms. The van der Waals surface area contributed by atoms with Gasteiger partial charge in [-0.2, -0.15) is 12.6 Å². The maximum absolute atomic E-state index is 4.84. The molecule has 3 aliphatic carbocycles. The van der Waals surface area contributed by atoms with Crippen molar-refractivity contribution >= 4 is 12.6 Å². The Morgan fingerprint density at radius 1 is 0.938 bits per heavy atom. The van der Waals surface area contributed by atoms with E-state index in [4.69, 9.17) is 12.6 Å². The third-order valence-corrected chi connectivity index (χ3v) is 6.13. The van der Waals surface area contributed by atoms with E-state index in [9.17, 15) is 0 Å². The summed E-state index contributed by atoms with van der Waals surface area (Å²) in [6, 6.07) is 0. The SMILES string of the molecule is C=C1CCC2C(CC[C@H]3C2CCC[C@@H]3S)C1. The van der Waals surface area contributed by atoms with Crippen LogP contribution < -0.4 is 0 Å². The largest absolute Gasteiger partial charge is 0.176 e. The average Bonchev–Trinajstić information content (AvgIpc) is 2.28. The van der Waals surface area contributed by atoms with Crippen LogP contribution in [0.4, 0.5) is 0 Å². The van der Waals surface area contributed by atoms with Crippen LogP contribution in [0.1, 0.15) is 51.4 Å². The maximum atomic E-state index is 4.84. The predicted octanol–water partition coefficient (Wildman–Crippen LogP) is 4.47. The Morgan fingerprint density at radius 3 is 2.69 bits per heavy atom. The van der Waals surface area contributed by atoms with E-state index in [1.165, 1.54) is 56.9 Å². The van der Waals surface area contributed by atoms with Gasteiger partial charge in [-0.1, -0.05) is 18.6 Å². The first kappa shape index (κ1) is 11.2. The van der Waals surface area contributed by atoms with Crippen molar-refractivity contribution in [3.63, 3.8) is 0 Å². The topological polar surface area (TPSA) is 0 Å². The zero-order valence-corrected chi connectivity index (χ0v) is 11.1. The summed E-state index contributed by atoms with van der Waals surface area (Å²) in [4.78, 5) is 0. The Bertz CT molecular complexity index is 283. The van der Waals surface area contributed by atoms with E-state index in [1.54, 1.807) is 0 Å². The van der Waals surface area contributed by atoms with Crippen molar-refractivity contribution in [3.05, 3.63) is 12.2 Å². The number of hydrogen-bond donors (Lipinski definition) is 1. The van der Waals surface area contributed by atoms with Crippen LogP contribution in [0, 0.1) is 23.7 Å². The normalized spacial score (nSPS) is 48.3. The van der Waals surface area contributed by atoms with Crippen molar-refractivity contribution in [2.45, 2.75) is 56.6 Å². The van der Waals surface area contributed by atoms with Crippen molar-refractivity contribution in [2.75, 3.05) is 0 Å². The first-order valence-electron chi connectivity index (χ1n) is 7.10. The van der Waals surface area contributed by atoms with Gasteiger partial charge in [-0.05, 0) is 68.6 Å². The van der Waals surface area contributed by atoms with Gasteiger partial charge in [0.1, 0.15) is 0 Å². The molecular formula is C15H24S. The Hall–Kier alpha value is 0.0900. The van der Waals surface area contributed by atoms with Gasteiger partial charge in [0, 0.05) is 5.25 Å². The molecule has 5 atom stereocenters. The van der Waals surface area contributed by atoms with Crippen molar-refractivity contribution in [2.24, 2.45) is 23.7 Å². The Balaban J connectivity index is 1.77. The lowest BCUT2D eigenvalue weighted by Crippen LogP contribution is -2.42. The molecule has 0 aromatic heterocycles. The van der Waals surface area contributed by atoms with Crippen LogP contribution in [0.3, 0.4) is 0 Å². The average molecular weight is 236 g/mol. The highest BCUT2D eigenvalue weighted by molar-refractivity contribution is 7.81. The van der Waals surface area contributed by atoms with Gasteiger partial charge >= 0.3 is 0 Å². The van der Waals surface area contributed by atoms with Crippen LogP contribution >= 0.6 is 12.6 Å². The van der Waals surface area contributed by atoms with E-state index in [2.05, 4.69) is 6.58 Å². The molecule has 0 N–H and O–H groups in total. The summed E-state index contributed by atoms with van der Waals surface area (Å²) in [5, 5.41) is 0.713. The van der Waals surface area contributed by atoms with Gasteiger partial charge in [0.25, 0.3) is 0 Å². The second kappa shape index (κ2) is 4.40. The van der Waals surface area contributed by atoms with Crippen molar-refractivity contribution in [1.29, 1.82) is 0 Å². The van der Waals surface area contributed by atoms with Gasteiger partial charge in [-0.3, -0.25) is 0 Å². The highest BCUT2D eigenvalue weighted by Gasteiger charge is 2.44. The fraction of sp³-hybridized carbons (Fsp3) is 0.867. The van der Waals surface area contributed by atoms with Crippen LogP contribution in [0.5, 0.6) is 0 Å². The summed E-state index contributed by atoms with van der Waals surface area (Å²) in [7, 11) is 0. The minimum atomic E-state index is 0.713. The van der Waals surface area contributed by atoms with Crippen molar-refractivity contribution < 1.29 is 0 Å².